The van der Waals surface area contributed by atoms with Crippen LogP contribution in [0.15, 0.2) is 18.2 Å². The van der Waals surface area contributed by atoms with E-state index in [9.17, 15) is 13.2 Å². The van der Waals surface area contributed by atoms with E-state index in [4.69, 9.17) is 9.47 Å². The van der Waals surface area contributed by atoms with Crippen molar-refractivity contribution >= 4 is 16.6 Å². The lowest BCUT2D eigenvalue weighted by atomic mass is 10.1. The van der Waals surface area contributed by atoms with Gasteiger partial charge in [-0.15, -0.1) is 0 Å². The van der Waals surface area contributed by atoms with Gasteiger partial charge >= 0.3 is 0 Å². The average molecular weight is 357 g/mol. The van der Waals surface area contributed by atoms with Crippen LogP contribution in [0.1, 0.15) is 18.5 Å². The summed E-state index contributed by atoms with van der Waals surface area (Å²) in [5, 5.41) is 0. The van der Waals surface area contributed by atoms with Gasteiger partial charge in [0.2, 0.25) is 6.41 Å². The third-order valence-electron chi connectivity index (χ3n) is 3.99. The van der Waals surface area contributed by atoms with Crippen molar-refractivity contribution in [2.45, 2.75) is 13.0 Å². The van der Waals surface area contributed by atoms with Crippen LogP contribution in [0, 0.1) is 0 Å². The predicted octanol–water partition coefficient (Wildman–Crippen LogP) is 0.373. The summed E-state index contributed by atoms with van der Waals surface area (Å²) in [6, 6.07) is 4.74. The Morgan fingerprint density at radius 3 is 2.38 bits per heavy atom. The minimum atomic E-state index is -3.66. The molecule has 1 aromatic carbocycles. The molecule has 1 aliphatic rings. The highest BCUT2D eigenvalue weighted by atomic mass is 32.2. The van der Waals surface area contributed by atoms with Crippen molar-refractivity contribution in [2.75, 3.05) is 40.4 Å². The summed E-state index contributed by atoms with van der Waals surface area (Å²) >= 11 is 0. The number of piperazine rings is 1. The van der Waals surface area contributed by atoms with E-state index in [-0.39, 0.29) is 13.1 Å². The Kier molecular flexibility index (Phi) is 6.03. The van der Waals surface area contributed by atoms with E-state index in [0.29, 0.717) is 30.2 Å². The quantitative estimate of drug-likeness (QED) is 0.713. The molecule has 0 aliphatic carbocycles. The van der Waals surface area contributed by atoms with Gasteiger partial charge in [-0.1, -0.05) is 0 Å². The third-order valence-corrected chi connectivity index (χ3v) is 5.69. The first-order valence-corrected chi connectivity index (χ1v) is 9.04. The van der Waals surface area contributed by atoms with Crippen LogP contribution in [0.4, 0.5) is 0 Å². The topological polar surface area (TPSA) is 88.2 Å². The molecule has 1 aromatic rings. The van der Waals surface area contributed by atoms with Gasteiger partial charge in [0.05, 0.1) is 14.2 Å². The van der Waals surface area contributed by atoms with Gasteiger partial charge in [0.1, 0.15) is 11.5 Å². The van der Waals surface area contributed by atoms with E-state index in [1.165, 1.54) is 11.4 Å². The molecule has 1 amide bonds. The molecule has 9 heteroatoms. The first kappa shape index (κ1) is 18.5. The Morgan fingerprint density at radius 1 is 1.17 bits per heavy atom. The van der Waals surface area contributed by atoms with Gasteiger partial charge in [-0.25, -0.2) is 0 Å². The molecule has 0 radical (unpaired) electrons. The molecule has 1 fully saturated rings. The van der Waals surface area contributed by atoms with Gasteiger partial charge < -0.3 is 14.4 Å². The minimum Gasteiger partial charge on any atom is -0.497 e. The normalized spacial score (nSPS) is 17.4. The summed E-state index contributed by atoms with van der Waals surface area (Å²) in [5.74, 6) is 1.20. The SMILES string of the molecule is COc1ccc(OC)c([C@H](C)NS(=O)(=O)N2CCN(C=O)CC2)c1. The zero-order valence-corrected chi connectivity index (χ0v) is 14.9. The van der Waals surface area contributed by atoms with Crippen molar-refractivity contribution in [3.8, 4) is 11.5 Å². The smallest absolute Gasteiger partial charge is 0.280 e. The molecule has 1 aliphatic heterocycles. The maximum absolute atomic E-state index is 12.6. The van der Waals surface area contributed by atoms with Crippen LogP contribution in [-0.4, -0.2) is 64.4 Å². The number of nitrogens with one attached hydrogen (secondary N) is 1. The summed E-state index contributed by atoms with van der Waals surface area (Å²) < 4.78 is 39.6. The first-order valence-electron chi connectivity index (χ1n) is 7.60. The van der Waals surface area contributed by atoms with Crippen molar-refractivity contribution in [3.63, 3.8) is 0 Å². The largest absolute Gasteiger partial charge is 0.497 e. The number of carbonyl (C=O) groups excluding carboxylic acids is 1. The number of amides is 1. The van der Waals surface area contributed by atoms with Gasteiger partial charge in [0, 0.05) is 37.8 Å². The Morgan fingerprint density at radius 2 is 1.83 bits per heavy atom. The molecule has 0 saturated carbocycles. The standard InChI is InChI=1S/C15H23N3O5S/c1-12(14-10-13(22-2)4-5-15(14)23-3)16-24(20,21)18-8-6-17(11-19)7-9-18/h4-5,10-12,16H,6-9H2,1-3H3/t12-/m0/s1. The number of benzene rings is 1. The second-order valence-electron chi connectivity index (χ2n) is 5.49. The van der Waals surface area contributed by atoms with E-state index in [1.54, 1.807) is 37.1 Å². The van der Waals surface area contributed by atoms with E-state index >= 15 is 0 Å². The molecular formula is C15H23N3O5S. The molecule has 1 heterocycles. The summed E-state index contributed by atoms with van der Waals surface area (Å²) in [6.07, 6.45) is 0.737. The zero-order valence-electron chi connectivity index (χ0n) is 14.1. The number of rotatable bonds is 7. The van der Waals surface area contributed by atoms with Crippen LogP contribution in [-0.2, 0) is 15.0 Å². The molecule has 0 spiro atoms. The van der Waals surface area contributed by atoms with E-state index < -0.39 is 16.3 Å². The Labute approximate surface area is 142 Å². The fraction of sp³-hybridized carbons (Fsp3) is 0.533. The van der Waals surface area contributed by atoms with E-state index in [0.717, 1.165) is 6.41 Å². The maximum Gasteiger partial charge on any atom is 0.280 e. The Bertz CT molecular complexity index is 672. The number of carbonyl (C=O) groups is 1. The number of methoxy groups -OCH3 is 2. The van der Waals surface area contributed by atoms with Gasteiger partial charge in [-0.2, -0.15) is 17.4 Å². The lowest BCUT2D eigenvalue weighted by molar-refractivity contribution is -0.119. The molecule has 0 unspecified atom stereocenters. The van der Waals surface area contributed by atoms with Crippen molar-refractivity contribution < 1.29 is 22.7 Å². The van der Waals surface area contributed by atoms with Gasteiger partial charge in [0.25, 0.3) is 10.2 Å². The lowest BCUT2D eigenvalue weighted by Crippen LogP contribution is -2.51. The second kappa shape index (κ2) is 7.82. The van der Waals surface area contributed by atoms with Crippen molar-refractivity contribution in [2.24, 2.45) is 0 Å². The maximum atomic E-state index is 12.6. The summed E-state index contributed by atoms with van der Waals surface area (Å²) in [4.78, 5) is 12.3. The van der Waals surface area contributed by atoms with Crippen LogP contribution in [0.2, 0.25) is 0 Å². The van der Waals surface area contributed by atoms with Crippen LogP contribution in [0.3, 0.4) is 0 Å². The molecule has 8 nitrogen and oxygen atoms in total. The molecule has 0 aromatic heterocycles. The van der Waals surface area contributed by atoms with Crippen molar-refractivity contribution in [1.29, 1.82) is 0 Å². The molecule has 1 atom stereocenters. The van der Waals surface area contributed by atoms with Gasteiger partial charge in [-0.05, 0) is 25.1 Å². The first-order chi connectivity index (χ1) is 11.4. The molecule has 0 bridgehead atoms. The number of ether oxygens (including phenoxy) is 2. The molecule has 1 saturated heterocycles. The molecule has 134 valence electrons. The summed E-state index contributed by atoms with van der Waals surface area (Å²) in [5.41, 5.74) is 0.687. The van der Waals surface area contributed by atoms with Crippen LogP contribution in [0.5, 0.6) is 11.5 Å². The van der Waals surface area contributed by atoms with Gasteiger partial charge in [0.15, 0.2) is 0 Å². The fourth-order valence-electron chi connectivity index (χ4n) is 2.59. The van der Waals surface area contributed by atoms with Gasteiger partial charge in [-0.3, -0.25) is 4.79 Å². The Balaban J connectivity index is 2.13. The van der Waals surface area contributed by atoms with E-state index in [1.807, 2.05) is 0 Å². The van der Waals surface area contributed by atoms with Crippen molar-refractivity contribution in [3.05, 3.63) is 23.8 Å². The Hall–Kier alpha value is -1.84. The summed E-state index contributed by atoms with van der Waals surface area (Å²) in [7, 11) is -0.581. The molecule has 1 N–H and O–H groups in total. The minimum absolute atomic E-state index is 0.274. The number of hydrogen-bond donors (Lipinski definition) is 1. The number of hydrogen-bond acceptors (Lipinski definition) is 5. The van der Waals surface area contributed by atoms with E-state index in [2.05, 4.69) is 4.72 Å². The summed E-state index contributed by atoms with van der Waals surface area (Å²) in [6.45, 7) is 3.07. The zero-order chi connectivity index (χ0) is 17.7. The molecular weight excluding hydrogens is 334 g/mol. The van der Waals surface area contributed by atoms with Crippen LogP contribution >= 0.6 is 0 Å². The molecule has 24 heavy (non-hydrogen) atoms. The predicted molar refractivity (Wildman–Crippen MR) is 89.2 cm³/mol. The highest BCUT2D eigenvalue weighted by molar-refractivity contribution is 7.87. The lowest BCUT2D eigenvalue weighted by Gasteiger charge is -2.32. The fourth-order valence-corrected chi connectivity index (χ4v) is 3.96. The van der Waals surface area contributed by atoms with Crippen LogP contribution in [0.25, 0.3) is 0 Å². The second-order valence-corrected chi connectivity index (χ2v) is 7.20. The highest BCUT2D eigenvalue weighted by Crippen LogP contribution is 2.29. The molecule has 2 rings (SSSR count). The average Bonchev–Trinajstić information content (AvgIpc) is 2.60. The monoisotopic (exact) mass is 357 g/mol. The third kappa shape index (κ3) is 4.16. The number of nitrogens with zero attached hydrogens (tertiary/aromatic N) is 2. The van der Waals surface area contributed by atoms with Crippen molar-refractivity contribution in [1.82, 2.24) is 13.9 Å². The van der Waals surface area contributed by atoms with Crippen LogP contribution < -0.4 is 14.2 Å². The highest BCUT2D eigenvalue weighted by Gasteiger charge is 2.28.